The van der Waals surface area contributed by atoms with Gasteiger partial charge in [0.2, 0.25) is 5.88 Å². The van der Waals surface area contributed by atoms with Crippen LogP contribution in [0.2, 0.25) is 0 Å². The number of hydrogen-bond donors (Lipinski definition) is 1. The third-order valence-electron chi connectivity index (χ3n) is 6.11. The smallest absolute Gasteiger partial charge is 0.213 e. The molecular weight excluding hydrogens is 410 g/mol. The van der Waals surface area contributed by atoms with Gasteiger partial charge < -0.3 is 14.7 Å². The highest BCUT2D eigenvalue weighted by atomic mass is 16.5. The standard InChI is InChI=1S/C28H33N3O2/c1-30-15-17-31(18-16-30)19-20-33-28-14-10-24(22-29-28)7-11-26(25-5-3-2-4-6-25)21-23-8-12-27(32)13-9-23/h2-6,8-14,22,32H,7,15-21H2,1H3/b26-11+. The van der Waals surface area contributed by atoms with E-state index in [4.69, 9.17) is 4.74 Å². The van der Waals surface area contributed by atoms with Crippen molar-refractivity contribution in [1.29, 1.82) is 0 Å². The molecule has 0 spiro atoms. The lowest BCUT2D eigenvalue weighted by Gasteiger charge is -2.32. The van der Waals surface area contributed by atoms with Crippen molar-refractivity contribution in [3.05, 3.63) is 95.7 Å². The van der Waals surface area contributed by atoms with Crippen molar-refractivity contribution in [1.82, 2.24) is 14.8 Å². The summed E-state index contributed by atoms with van der Waals surface area (Å²) < 4.78 is 5.87. The largest absolute Gasteiger partial charge is 0.508 e. The van der Waals surface area contributed by atoms with Crippen LogP contribution in [0.1, 0.15) is 16.7 Å². The first-order valence-corrected chi connectivity index (χ1v) is 11.7. The summed E-state index contributed by atoms with van der Waals surface area (Å²) in [5.74, 6) is 0.977. The fraction of sp³-hybridized carbons (Fsp3) is 0.321. The minimum absolute atomic E-state index is 0.293. The lowest BCUT2D eigenvalue weighted by atomic mass is 9.96. The Hall–Kier alpha value is -3.15. The molecule has 5 heteroatoms. The Bertz CT molecular complexity index is 1010. The van der Waals surface area contributed by atoms with Gasteiger partial charge in [-0.3, -0.25) is 4.90 Å². The molecule has 0 aliphatic carbocycles. The van der Waals surface area contributed by atoms with E-state index in [1.807, 2.05) is 30.5 Å². The molecule has 1 N–H and O–H groups in total. The maximum Gasteiger partial charge on any atom is 0.213 e. The van der Waals surface area contributed by atoms with Gasteiger partial charge in [0.05, 0.1) is 0 Å². The molecule has 1 fully saturated rings. The van der Waals surface area contributed by atoms with Crippen molar-refractivity contribution in [2.24, 2.45) is 0 Å². The molecule has 33 heavy (non-hydrogen) atoms. The number of nitrogens with zero attached hydrogens (tertiary/aromatic N) is 3. The maximum absolute atomic E-state index is 9.58. The van der Waals surface area contributed by atoms with E-state index < -0.39 is 0 Å². The minimum Gasteiger partial charge on any atom is -0.508 e. The van der Waals surface area contributed by atoms with E-state index in [1.165, 1.54) is 16.7 Å². The van der Waals surface area contributed by atoms with Gasteiger partial charge in [-0.15, -0.1) is 0 Å². The summed E-state index contributed by atoms with van der Waals surface area (Å²) in [6, 6.07) is 21.9. The van der Waals surface area contributed by atoms with Gasteiger partial charge in [-0.25, -0.2) is 4.98 Å². The first-order chi connectivity index (χ1) is 16.2. The Morgan fingerprint density at radius 3 is 2.36 bits per heavy atom. The fourth-order valence-electron chi connectivity index (χ4n) is 3.99. The molecule has 4 rings (SSSR count). The second kappa shape index (κ2) is 11.6. The second-order valence-corrected chi connectivity index (χ2v) is 8.64. The van der Waals surface area contributed by atoms with Gasteiger partial charge in [0.15, 0.2) is 0 Å². The third-order valence-corrected chi connectivity index (χ3v) is 6.11. The summed E-state index contributed by atoms with van der Waals surface area (Å²) in [6.45, 7) is 6.06. The number of phenolic OH excluding ortho intramolecular Hbond substituents is 1. The number of pyridine rings is 1. The molecule has 2 aromatic carbocycles. The SMILES string of the molecule is CN1CCN(CCOc2ccc(C/C=C(\Cc3ccc(O)cc3)c3ccccc3)cn2)CC1. The number of rotatable bonds is 9. The lowest BCUT2D eigenvalue weighted by molar-refractivity contribution is 0.132. The Morgan fingerprint density at radius 1 is 0.939 bits per heavy atom. The number of hydrogen-bond acceptors (Lipinski definition) is 5. The topological polar surface area (TPSA) is 48.8 Å². The zero-order valence-electron chi connectivity index (χ0n) is 19.4. The average Bonchev–Trinajstić information content (AvgIpc) is 2.85. The number of phenols is 1. The zero-order chi connectivity index (χ0) is 22.9. The second-order valence-electron chi connectivity index (χ2n) is 8.64. The summed E-state index contributed by atoms with van der Waals surface area (Å²) >= 11 is 0. The molecule has 1 aliphatic heterocycles. The van der Waals surface area contributed by atoms with Gasteiger partial charge >= 0.3 is 0 Å². The van der Waals surface area contributed by atoms with Crippen LogP contribution >= 0.6 is 0 Å². The van der Waals surface area contributed by atoms with E-state index in [2.05, 4.69) is 58.2 Å². The first-order valence-electron chi connectivity index (χ1n) is 11.7. The highest BCUT2D eigenvalue weighted by Crippen LogP contribution is 2.22. The Labute approximate surface area is 197 Å². The number of allylic oxidation sites excluding steroid dienone is 2. The van der Waals surface area contributed by atoms with Crippen molar-refractivity contribution >= 4 is 5.57 Å². The predicted molar refractivity (Wildman–Crippen MR) is 134 cm³/mol. The van der Waals surface area contributed by atoms with Gasteiger partial charge in [0, 0.05) is 45.0 Å². The molecular formula is C28H33N3O2. The predicted octanol–water partition coefficient (Wildman–Crippen LogP) is 4.28. The van der Waals surface area contributed by atoms with Gasteiger partial charge in [-0.1, -0.05) is 54.6 Å². The molecule has 1 saturated heterocycles. The highest BCUT2D eigenvalue weighted by Gasteiger charge is 2.13. The number of likely N-dealkylation sites (N-methyl/N-ethyl adjacent to an activating group) is 1. The van der Waals surface area contributed by atoms with Gasteiger partial charge in [-0.05, 0) is 54.3 Å². The molecule has 0 bridgehead atoms. The van der Waals surface area contributed by atoms with Crippen LogP contribution < -0.4 is 4.74 Å². The average molecular weight is 444 g/mol. The van der Waals surface area contributed by atoms with Gasteiger partial charge in [0.25, 0.3) is 0 Å². The molecule has 0 atom stereocenters. The molecule has 0 radical (unpaired) electrons. The number of ether oxygens (including phenoxy) is 1. The third kappa shape index (κ3) is 7.17. The Kier molecular flexibility index (Phi) is 8.12. The monoisotopic (exact) mass is 443 g/mol. The molecule has 0 amide bonds. The van der Waals surface area contributed by atoms with Crippen LogP contribution in [0.4, 0.5) is 0 Å². The van der Waals surface area contributed by atoms with Crippen LogP contribution in [0, 0.1) is 0 Å². The van der Waals surface area contributed by atoms with Crippen molar-refractivity contribution in [3.8, 4) is 11.6 Å². The summed E-state index contributed by atoms with van der Waals surface area (Å²) in [5, 5.41) is 9.58. The van der Waals surface area contributed by atoms with Crippen molar-refractivity contribution < 1.29 is 9.84 Å². The van der Waals surface area contributed by atoms with E-state index in [0.29, 0.717) is 18.2 Å². The Morgan fingerprint density at radius 2 is 1.67 bits per heavy atom. The molecule has 0 unspecified atom stereocenters. The highest BCUT2D eigenvalue weighted by molar-refractivity contribution is 5.68. The lowest BCUT2D eigenvalue weighted by Crippen LogP contribution is -2.45. The molecule has 2 heterocycles. The van der Waals surface area contributed by atoms with Gasteiger partial charge in [0.1, 0.15) is 12.4 Å². The number of piperazine rings is 1. The minimum atomic E-state index is 0.293. The number of aromatic nitrogens is 1. The van der Waals surface area contributed by atoms with Gasteiger partial charge in [-0.2, -0.15) is 0 Å². The number of aromatic hydroxyl groups is 1. The first kappa shape index (κ1) is 23.0. The van der Waals surface area contributed by atoms with E-state index in [9.17, 15) is 5.11 Å². The van der Waals surface area contributed by atoms with E-state index in [1.54, 1.807) is 12.1 Å². The van der Waals surface area contributed by atoms with Crippen molar-refractivity contribution in [2.45, 2.75) is 12.8 Å². The van der Waals surface area contributed by atoms with Crippen molar-refractivity contribution in [2.75, 3.05) is 46.4 Å². The fourth-order valence-corrected chi connectivity index (χ4v) is 3.99. The van der Waals surface area contributed by atoms with Crippen LogP contribution in [0.25, 0.3) is 5.57 Å². The summed E-state index contributed by atoms with van der Waals surface area (Å²) in [4.78, 5) is 9.32. The van der Waals surface area contributed by atoms with Crippen LogP contribution in [-0.4, -0.2) is 66.3 Å². The summed E-state index contributed by atoms with van der Waals surface area (Å²) in [6.07, 6.45) is 5.79. The molecule has 3 aromatic rings. The van der Waals surface area contributed by atoms with E-state index in [-0.39, 0.29) is 0 Å². The maximum atomic E-state index is 9.58. The number of benzene rings is 2. The van der Waals surface area contributed by atoms with Crippen LogP contribution in [0.15, 0.2) is 79.0 Å². The molecule has 0 saturated carbocycles. The Balaban J connectivity index is 1.34. The normalized spacial score (nSPS) is 15.5. The summed E-state index contributed by atoms with van der Waals surface area (Å²) in [5.41, 5.74) is 4.79. The molecule has 172 valence electrons. The summed E-state index contributed by atoms with van der Waals surface area (Å²) in [7, 11) is 2.17. The van der Waals surface area contributed by atoms with Crippen molar-refractivity contribution in [3.63, 3.8) is 0 Å². The van der Waals surface area contributed by atoms with Crippen LogP contribution in [0.3, 0.4) is 0 Å². The van der Waals surface area contributed by atoms with Crippen LogP contribution in [-0.2, 0) is 12.8 Å². The molecule has 5 nitrogen and oxygen atoms in total. The molecule has 1 aromatic heterocycles. The van der Waals surface area contributed by atoms with E-state index >= 15 is 0 Å². The van der Waals surface area contributed by atoms with E-state index in [0.717, 1.165) is 51.1 Å². The zero-order valence-corrected chi connectivity index (χ0v) is 19.4. The van der Waals surface area contributed by atoms with Crippen LogP contribution in [0.5, 0.6) is 11.6 Å². The molecule has 1 aliphatic rings. The quantitative estimate of drug-likeness (QED) is 0.535.